The highest BCUT2D eigenvalue weighted by molar-refractivity contribution is 6.29. The second-order valence-corrected chi connectivity index (χ2v) is 7.87. The lowest BCUT2D eigenvalue weighted by molar-refractivity contribution is -0.193. The molecule has 0 spiro atoms. The van der Waals surface area contributed by atoms with Gasteiger partial charge in [0, 0.05) is 59.6 Å². The number of carboxylic acid groups (broad SMARTS) is 2. The number of nitrogens with two attached hydrogens (primary N) is 2. The summed E-state index contributed by atoms with van der Waals surface area (Å²) in [5.41, 5.74) is 12.0. The second-order valence-electron chi connectivity index (χ2n) is 7.87. The van der Waals surface area contributed by atoms with Crippen molar-refractivity contribution in [3.8, 4) is 0 Å². The molecule has 2 aromatic rings. The molecule has 0 atom stereocenters. The largest absolute Gasteiger partial charge is 0.490 e. The topological polar surface area (TPSA) is 219 Å². The van der Waals surface area contributed by atoms with E-state index >= 15 is 0 Å². The molecule has 42 heavy (non-hydrogen) atoms. The van der Waals surface area contributed by atoms with Gasteiger partial charge in [-0.1, -0.05) is 0 Å². The Morgan fingerprint density at radius 3 is 1.17 bits per heavy atom. The van der Waals surface area contributed by atoms with Gasteiger partial charge in [-0.15, -0.1) is 0 Å². The van der Waals surface area contributed by atoms with Crippen LogP contribution in [0.15, 0.2) is 36.4 Å². The molecule has 0 aromatic heterocycles. The fraction of sp³-hybridized carbons (Fsp3) is 0.250. The summed E-state index contributed by atoms with van der Waals surface area (Å²) in [4.78, 5) is 67.8. The summed E-state index contributed by atoms with van der Waals surface area (Å²) in [5, 5.41) is 19.5. The lowest BCUT2D eigenvalue weighted by atomic mass is 9.82. The summed E-state index contributed by atoms with van der Waals surface area (Å²) in [7, 11) is 0. The number of carbonyl (C=O) groups is 6. The number of ketones is 2. The van der Waals surface area contributed by atoms with Crippen molar-refractivity contribution < 1.29 is 65.3 Å². The maximum absolute atomic E-state index is 13.0. The van der Waals surface area contributed by atoms with Crippen LogP contribution in [0.25, 0.3) is 0 Å². The van der Waals surface area contributed by atoms with Crippen LogP contribution >= 0.6 is 0 Å². The third-order valence-electron chi connectivity index (χ3n) is 4.89. The van der Waals surface area contributed by atoms with Crippen LogP contribution in [-0.2, 0) is 9.59 Å². The number of carbonyl (C=O) groups excluding carboxylic acids is 4. The van der Waals surface area contributed by atoms with Gasteiger partial charge in [0.2, 0.25) is 0 Å². The number of aliphatic carboxylic acids is 2. The van der Waals surface area contributed by atoms with E-state index in [4.69, 9.17) is 31.3 Å². The van der Waals surface area contributed by atoms with Gasteiger partial charge in [0.05, 0.1) is 0 Å². The number of nitrogens with one attached hydrogen (secondary N) is 2. The summed E-state index contributed by atoms with van der Waals surface area (Å²) < 4.78 is 63.5. The van der Waals surface area contributed by atoms with Crippen LogP contribution in [-0.4, -0.2) is 84.1 Å². The quantitative estimate of drug-likeness (QED) is 0.219. The minimum Gasteiger partial charge on any atom is -0.475 e. The predicted octanol–water partition coefficient (Wildman–Crippen LogP) is 1.11. The number of rotatable bonds is 6. The third-order valence-corrected chi connectivity index (χ3v) is 4.89. The third kappa shape index (κ3) is 9.66. The first-order valence-electron chi connectivity index (χ1n) is 11.3. The number of fused-ring (bicyclic) bond motifs is 2. The summed E-state index contributed by atoms with van der Waals surface area (Å²) in [6.45, 7) is 1.17. The van der Waals surface area contributed by atoms with E-state index in [1.165, 1.54) is 36.4 Å². The molecule has 12 nitrogen and oxygen atoms in total. The van der Waals surface area contributed by atoms with Crippen molar-refractivity contribution in [2.75, 3.05) is 26.2 Å². The van der Waals surface area contributed by atoms with Crippen LogP contribution < -0.4 is 22.1 Å². The SMILES string of the molecule is NCCNC(=O)c1ccc2c(c1)C(=O)c1cc(C(=O)NCCN)ccc1C2=O.O=C(O)C(F)(F)F.O=C(O)C(F)(F)F. The normalized spacial score (nSPS) is 11.9. The lowest BCUT2D eigenvalue weighted by Crippen LogP contribution is -2.30. The highest BCUT2D eigenvalue weighted by Crippen LogP contribution is 2.29. The maximum Gasteiger partial charge on any atom is 0.490 e. The lowest BCUT2D eigenvalue weighted by Gasteiger charge is -2.19. The van der Waals surface area contributed by atoms with Crippen molar-refractivity contribution in [2.24, 2.45) is 11.5 Å². The monoisotopic (exact) mass is 608 g/mol. The molecule has 0 unspecified atom stereocenters. The first-order chi connectivity index (χ1) is 19.4. The van der Waals surface area contributed by atoms with Gasteiger partial charge in [0.15, 0.2) is 11.6 Å². The zero-order valence-corrected chi connectivity index (χ0v) is 21.1. The number of hydrogen-bond donors (Lipinski definition) is 6. The Kier molecular flexibility index (Phi) is 12.3. The number of hydrogen-bond acceptors (Lipinski definition) is 8. The van der Waals surface area contributed by atoms with E-state index in [0.717, 1.165) is 0 Å². The molecule has 0 heterocycles. The van der Waals surface area contributed by atoms with Crippen molar-refractivity contribution in [3.63, 3.8) is 0 Å². The summed E-state index contributed by atoms with van der Waals surface area (Å²) >= 11 is 0. The number of alkyl halides is 6. The number of amides is 2. The Morgan fingerprint density at radius 2 is 0.905 bits per heavy atom. The first kappa shape index (κ1) is 35.2. The predicted molar refractivity (Wildman–Crippen MR) is 130 cm³/mol. The average Bonchev–Trinajstić information content (AvgIpc) is 2.92. The van der Waals surface area contributed by atoms with Crippen LogP contribution in [0, 0.1) is 0 Å². The van der Waals surface area contributed by atoms with Crippen LogP contribution in [0.5, 0.6) is 0 Å². The molecular formula is C24H22F6N4O8. The van der Waals surface area contributed by atoms with E-state index in [9.17, 15) is 45.5 Å². The minimum atomic E-state index is -5.08. The zero-order valence-electron chi connectivity index (χ0n) is 21.1. The van der Waals surface area contributed by atoms with Crippen molar-refractivity contribution >= 4 is 35.3 Å². The fourth-order valence-corrected chi connectivity index (χ4v) is 3.01. The van der Waals surface area contributed by atoms with Crippen LogP contribution in [0.4, 0.5) is 26.3 Å². The second kappa shape index (κ2) is 14.7. The Bertz CT molecular complexity index is 1280. The van der Waals surface area contributed by atoms with Gasteiger partial charge < -0.3 is 32.3 Å². The highest BCUT2D eigenvalue weighted by atomic mass is 19.4. The Balaban J connectivity index is 0.000000522. The maximum atomic E-state index is 13.0. The van der Waals surface area contributed by atoms with Crippen molar-refractivity contribution in [1.29, 1.82) is 0 Å². The highest BCUT2D eigenvalue weighted by Gasteiger charge is 2.39. The van der Waals surface area contributed by atoms with Crippen LogP contribution in [0.3, 0.4) is 0 Å². The molecule has 0 saturated heterocycles. The van der Waals surface area contributed by atoms with Crippen molar-refractivity contribution in [1.82, 2.24) is 10.6 Å². The molecule has 0 saturated carbocycles. The van der Waals surface area contributed by atoms with E-state index < -0.39 is 30.1 Å². The van der Waals surface area contributed by atoms with Gasteiger partial charge in [-0.05, 0) is 36.4 Å². The average molecular weight is 608 g/mol. The molecule has 0 radical (unpaired) electrons. The molecule has 2 amide bonds. The van der Waals surface area contributed by atoms with E-state index in [2.05, 4.69) is 10.6 Å². The molecule has 228 valence electrons. The van der Waals surface area contributed by atoms with Gasteiger partial charge in [-0.2, -0.15) is 26.3 Å². The molecule has 2 aromatic carbocycles. The molecule has 0 bridgehead atoms. The summed E-state index contributed by atoms with van der Waals surface area (Å²) in [6.07, 6.45) is -10.2. The Hall–Kier alpha value is -4.84. The Morgan fingerprint density at radius 1 is 0.619 bits per heavy atom. The first-order valence-corrected chi connectivity index (χ1v) is 11.3. The molecule has 0 fully saturated rings. The Labute approximate surface area is 231 Å². The van der Waals surface area contributed by atoms with Gasteiger partial charge in [-0.25, -0.2) is 9.59 Å². The molecular weight excluding hydrogens is 586 g/mol. The van der Waals surface area contributed by atoms with E-state index in [1.807, 2.05) is 0 Å². The van der Waals surface area contributed by atoms with Gasteiger partial charge in [0.25, 0.3) is 11.8 Å². The fourth-order valence-electron chi connectivity index (χ4n) is 3.01. The minimum absolute atomic E-state index is 0.136. The van der Waals surface area contributed by atoms with E-state index in [0.29, 0.717) is 13.1 Å². The van der Waals surface area contributed by atoms with Gasteiger partial charge in [-0.3, -0.25) is 19.2 Å². The van der Waals surface area contributed by atoms with Gasteiger partial charge in [0.1, 0.15) is 0 Å². The molecule has 18 heteroatoms. The molecule has 1 aliphatic carbocycles. The van der Waals surface area contributed by atoms with Crippen LogP contribution in [0.2, 0.25) is 0 Å². The standard InChI is InChI=1S/C20H20N4O4.2C2HF3O2/c21-5-7-23-19(27)11-1-3-13-15(9-11)18(26)16-10-12(20(28)24-8-6-22)2-4-14(16)17(13)25;2*3-2(4,5)1(6)7/h1-4,9-10H,5-8,21-22H2,(H,23,27)(H,24,28);2*(H,6,7). The van der Waals surface area contributed by atoms with E-state index in [-0.39, 0.29) is 64.1 Å². The van der Waals surface area contributed by atoms with Crippen molar-refractivity contribution in [2.45, 2.75) is 12.4 Å². The molecule has 0 aliphatic heterocycles. The molecule has 8 N–H and O–H groups in total. The number of benzene rings is 2. The molecule has 1 aliphatic rings. The summed E-state index contributed by atoms with van der Waals surface area (Å²) in [5.74, 6) is -7.01. The van der Waals surface area contributed by atoms with Gasteiger partial charge >= 0.3 is 24.3 Å². The van der Waals surface area contributed by atoms with E-state index in [1.54, 1.807) is 0 Å². The van der Waals surface area contributed by atoms with Crippen molar-refractivity contribution in [3.05, 3.63) is 69.8 Å². The molecule has 3 rings (SSSR count). The van der Waals surface area contributed by atoms with Crippen LogP contribution in [0.1, 0.15) is 52.6 Å². The summed E-state index contributed by atoms with van der Waals surface area (Å²) in [6, 6.07) is 8.72. The number of halogens is 6. The number of carboxylic acids is 2. The zero-order chi connectivity index (χ0) is 32.4. The smallest absolute Gasteiger partial charge is 0.475 e.